The van der Waals surface area contributed by atoms with Gasteiger partial charge in [-0.25, -0.2) is 4.79 Å². The van der Waals surface area contributed by atoms with Crippen LogP contribution in [0.4, 0.5) is 10.5 Å². The number of Topliss-reactive ketones (excluding diaryl/α,β-unsaturated/α-hetero) is 1. The van der Waals surface area contributed by atoms with E-state index in [1.807, 2.05) is 0 Å². The zero-order valence-corrected chi connectivity index (χ0v) is 14.1. The Morgan fingerprint density at radius 2 is 1.59 bits per heavy atom. The van der Waals surface area contributed by atoms with E-state index in [0.29, 0.717) is 11.3 Å². The molecule has 2 aliphatic rings. The number of ketones is 2. The van der Waals surface area contributed by atoms with Crippen LogP contribution < -0.4 is 15.0 Å². The molecule has 1 saturated heterocycles. The van der Waals surface area contributed by atoms with Gasteiger partial charge < -0.3 is 4.74 Å². The molecule has 1 N–H and O–H groups in total. The lowest BCUT2D eigenvalue weighted by atomic mass is 9.94. The van der Waals surface area contributed by atoms with Crippen molar-refractivity contribution in [1.29, 1.82) is 0 Å². The minimum atomic E-state index is -0.562. The molecule has 2 aromatic carbocycles. The summed E-state index contributed by atoms with van der Waals surface area (Å²) >= 11 is 0. The molecule has 2 aromatic rings. The fourth-order valence-electron chi connectivity index (χ4n) is 3.05. The van der Waals surface area contributed by atoms with Crippen molar-refractivity contribution in [3.05, 3.63) is 71.5 Å². The SMILES string of the molecule is O=C1CCN(c2ccccc2OC2=CC(=O)c3ccccc3C2=O)C(=O)N1. The number of anilines is 1. The van der Waals surface area contributed by atoms with E-state index in [9.17, 15) is 19.2 Å². The van der Waals surface area contributed by atoms with E-state index in [1.54, 1.807) is 48.5 Å². The average molecular weight is 362 g/mol. The van der Waals surface area contributed by atoms with Gasteiger partial charge >= 0.3 is 6.03 Å². The largest absolute Gasteiger partial charge is 0.451 e. The molecule has 1 aliphatic carbocycles. The summed E-state index contributed by atoms with van der Waals surface area (Å²) in [5.41, 5.74) is 1.01. The minimum absolute atomic E-state index is 0.111. The van der Waals surface area contributed by atoms with Crippen LogP contribution in [0.3, 0.4) is 0 Å². The van der Waals surface area contributed by atoms with Gasteiger partial charge in [-0.05, 0) is 12.1 Å². The summed E-state index contributed by atoms with van der Waals surface area (Å²) in [6.45, 7) is 0.194. The van der Waals surface area contributed by atoms with Gasteiger partial charge in [-0.1, -0.05) is 36.4 Å². The zero-order chi connectivity index (χ0) is 19.0. The summed E-state index contributed by atoms with van der Waals surface area (Å²) in [6, 6.07) is 12.6. The van der Waals surface area contributed by atoms with E-state index < -0.39 is 11.8 Å². The Labute approximate surface area is 154 Å². The van der Waals surface area contributed by atoms with E-state index in [-0.39, 0.29) is 41.7 Å². The number of ether oxygens (including phenoxy) is 1. The first kappa shape index (κ1) is 16.7. The molecular weight excluding hydrogens is 348 g/mol. The maximum Gasteiger partial charge on any atom is 0.328 e. The molecule has 0 bridgehead atoms. The Bertz CT molecular complexity index is 1020. The van der Waals surface area contributed by atoms with Crippen molar-refractivity contribution < 1.29 is 23.9 Å². The van der Waals surface area contributed by atoms with Crippen molar-refractivity contribution in [3.63, 3.8) is 0 Å². The maximum absolute atomic E-state index is 12.7. The summed E-state index contributed by atoms with van der Waals surface area (Å²) in [4.78, 5) is 49.8. The molecule has 0 unspecified atom stereocenters. The Kier molecular flexibility index (Phi) is 4.04. The van der Waals surface area contributed by atoms with Gasteiger partial charge in [0.05, 0.1) is 5.69 Å². The lowest BCUT2D eigenvalue weighted by Crippen LogP contribution is -2.49. The Morgan fingerprint density at radius 1 is 0.889 bits per heavy atom. The topological polar surface area (TPSA) is 92.8 Å². The highest BCUT2D eigenvalue weighted by molar-refractivity contribution is 6.23. The normalized spacial score (nSPS) is 16.6. The third-order valence-electron chi connectivity index (χ3n) is 4.35. The molecule has 1 fully saturated rings. The minimum Gasteiger partial charge on any atom is -0.451 e. The van der Waals surface area contributed by atoms with Crippen LogP contribution in [-0.2, 0) is 4.79 Å². The van der Waals surface area contributed by atoms with Gasteiger partial charge in [-0.3, -0.25) is 24.6 Å². The van der Waals surface area contributed by atoms with Crippen molar-refractivity contribution in [2.45, 2.75) is 6.42 Å². The van der Waals surface area contributed by atoms with Crippen LogP contribution in [0.25, 0.3) is 0 Å². The Hall–Kier alpha value is -3.74. The molecule has 4 rings (SSSR count). The highest BCUT2D eigenvalue weighted by atomic mass is 16.5. The number of nitrogens with zero attached hydrogens (tertiary/aromatic N) is 1. The quantitative estimate of drug-likeness (QED) is 0.905. The smallest absolute Gasteiger partial charge is 0.328 e. The van der Waals surface area contributed by atoms with Gasteiger partial charge in [0, 0.05) is 30.2 Å². The Morgan fingerprint density at radius 3 is 2.37 bits per heavy atom. The molecule has 0 saturated carbocycles. The summed E-state index contributed by atoms with van der Waals surface area (Å²) in [7, 11) is 0. The standard InChI is InChI=1S/C20H14N2O5/c23-15-11-17(19(25)13-6-2-1-5-12(13)15)27-16-8-4-3-7-14(16)22-10-9-18(24)21-20(22)26/h1-8,11H,9-10H2,(H,21,24,26). The van der Waals surface area contributed by atoms with Gasteiger partial charge in [-0.2, -0.15) is 0 Å². The molecule has 0 spiro atoms. The molecule has 0 atom stereocenters. The predicted octanol–water partition coefficient (Wildman–Crippen LogP) is 2.47. The summed E-state index contributed by atoms with van der Waals surface area (Å²) < 4.78 is 5.74. The fraction of sp³-hybridized carbons (Fsp3) is 0.100. The molecule has 27 heavy (non-hydrogen) atoms. The van der Waals surface area contributed by atoms with E-state index in [2.05, 4.69) is 5.32 Å². The molecule has 1 aliphatic heterocycles. The number of nitrogens with one attached hydrogen (secondary N) is 1. The summed E-state index contributed by atoms with van der Waals surface area (Å²) in [6.07, 6.45) is 1.31. The van der Waals surface area contributed by atoms with Crippen LogP contribution in [0.5, 0.6) is 5.75 Å². The third-order valence-corrected chi connectivity index (χ3v) is 4.35. The number of imide groups is 1. The van der Waals surface area contributed by atoms with Crippen molar-refractivity contribution >= 4 is 29.2 Å². The van der Waals surface area contributed by atoms with E-state index in [0.717, 1.165) is 6.08 Å². The predicted molar refractivity (Wildman–Crippen MR) is 95.8 cm³/mol. The zero-order valence-electron chi connectivity index (χ0n) is 14.1. The van der Waals surface area contributed by atoms with Crippen molar-refractivity contribution in [3.8, 4) is 5.75 Å². The Balaban J connectivity index is 1.67. The molecule has 0 radical (unpaired) electrons. The van der Waals surface area contributed by atoms with Gasteiger partial charge in [0.15, 0.2) is 17.3 Å². The number of benzene rings is 2. The number of carbonyl (C=O) groups is 4. The van der Waals surface area contributed by atoms with Crippen molar-refractivity contribution in [1.82, 2.24) is 5.32 Å². The lowest BCUT2D eigenvalue weighted by molar-refractivity contribution is -0.120. The van der Waals surface area contributed by atoms with Crippen LogP contribution in [0.2, 0.25) is 0 Å². The fourth-order valence-corrected chi connectivity index (χ4v) is 3.05. The van der Waals surface area contributed by atoms with Crippen LogP contribution in [0.15, 0.2) is 60.4 Å². The number of hydrogen-bond acceptors (Lipinski definition) is 5. The van der Waals surface area contributed by atoms with Gasteiger partial charge in [-0.15, -0.1) is 0 Å². The van der Waals surface area contributed by atoms with Gasteiger partial charge in [0.1, 0.15) is 0 Å². The van der Waals surface area contributed by atoms with Crippen molar-refractivity contribution in [2.24, 2.45) is 0 Å². The second-order valence-corrected chi connectivity index (χ2v) is 6.07. The number of para-hydroxylation sites is 2. The highest BCUT2D eigenvalue weighted by Gasteiger charge is 2.30. The molecule has 1 heterocycles. The van der Waals surface area contributed by atoms with E-state index >= 15 is 0 Å². The molecule has 7 nitrogen and oxygen atoms in total. The first-order valence-corrected chi connectivity index (χ1v) is 8.32. The molecule has 0 aromatic heterocycles. The van der Waals surface area contributed by atoms with Gasteiger partial charge in [0.25, 0.3) is 0 Å². The number of rotatable bonds is 3. The number of fused-ring (bicyclic) bond motifs is 1. The monoisotopic (exact) mass is 362 g/mol. The van der Waals surface area contributed by atoms with E-state index in [4.69, 9.17) is 4.74 Å². The van der Waals surface area contributed by atoms with Crippen molar-refractivity contribution in [2.75, 3.05) is 11.4 Å². The average Bonchev–Trinajstić information content (AvgIpc) is 2.67. The first-order valence-electron chi connectivity index (χ1n) is 8.32. The third kappa shape index (κ3) is 2.99. The number of carbonyl (C=O) groups excluding carboxylic acids is 4. The number of amides is 3. The van der Waals surface area contributed by atoms with Crippen LogP contribution in [-0.4, -0.2) is 30.0 Å². The molecule has 134 valence electrons. The molecule has 3 amide bonds. The van der Waals surface area contributed by atoms with Crippen LogP contribution in [0.1, 0.15) is 27.1 Å². The molecule has 7 heteroatoms. The maximum atomic E-state index is 12.7. The van der Waals surface area contributed by atoms with Crippen LogP contribution in [0, 0.1) is 0 Å². The van der Waals surface area contributed by atoms with E-state index in [1.165, 1.54) is 4.90 Å². The lowest BCUT2D eigenvalue weighted by Gasteiger charge is -2.28. The summed E-state index contributed by atoms with van der Waals surface area (Å²) in [5.74, 6) is -0.937. The number of urea groups is 1. The number of hydrogen-bond donors (Lipinski definition) is 1. The summed E-state index contributed by atoms with van der Waals surface area (Å²) in [5, 5.41) is 2.24. The first-order chi connectivity index (χ1) is 13.0. The second kappa shape index (κ2) is 6.53. The highest BCUT2D eigenvalue weighted by Crippen LogP contribution is 2.32. The number of allylic oxidation sites excluding steroid dienone is 2. The van der Waals surface area contributed by atoms with Gasteiger partial charge in [0.2, 0.25) is 11.7 Å². The molecular formula is C20H14N2O5. The second-order valence-electron chi connectivity index (χ2n) is 6.07. The van der Waals surface area contributed by atoms with Crippen LogP contribution >= 0.6 is 0 Å².